The second-order valence-electron chi connectivity index (χ2n) is 4.98. The first kappa shape index (κ1) is 23.0. The van der Waals surface area contributed by atoms with E-state index in [9.17, 15) is 18.0 Å². The molecule has 1 heterocycles. The van der Waals surface area contributed by atoms with Gasteiger partial charge in [0.05, 0.1) is 17.9 Å². The number of rotatable bonds is 6. The molecule has 1 aromatic heterocycles. The fourth-order valence-electron chi connectivity index (χ4n) is 1.34. The van der Waals surface area contributed by atoms with Gasteiger partial charge in [-0.2, -0.15) is 24.9 Å². The van der Waals surface area contributed by atoms with Gasteiger partial charge >= 0.3 is 12.1 Å². The number of aromatic nitrogens is 1. The number of nitrogens with zero attached hydrogens (tertiary/aromatic N) is 2. The minimum absolute atomic E-state index is 0.163. The number of thioether (sulfide) groups is 1. The molecule has 25 heavy (non-hydrogen) atoms. The molecule has 142 valence electrons. The lowest BCUT2D eigenvalue weighted by atomic mass is 10.2. The fraction of sp³-hybridized carbons (Fsp3) is 0.500. The van der Waals surface area contributed by atoms with Crippen LogP contribution in [0.5, 0.6) is 0 Å². The van der Waals surface area contributed by atoms with E-state index in [4.69, 9.17) is 15.6 Å². The molecule has 0 saturated carbocycles. The molecule has 7 nitrogen and oxygen atoms in total. The van der Waals surface area contributed by atoms with Gasteiger partial charge in [-0.3, -0.25) is 4.79 Å². The van der Waals surface area contributed by atoms with Gasteiger partial charge in [0.25, 0.3) is 0 Å². The van der Waals surface area contributed by atoms with E-state index in [1.54, 1.807) is 18.0 Å². The molecular formula is C14H21F3N4O3S. The van der Waals surface area contributed by atoms with Crippen molar-refractivity contribution in [3.8, 4) is 0 Å². The Kier molecular flexibility index (Phi) is 9.91. The molecule has 0 fully saturated rings. The third-order valence-corrected chi connectivity index (χ3v) is 3.33. The van der Waals surface area contributed by atoms with Gasteiger partial charge < -0.3 is 21.1 Å². The second-order valence-corrected chi connectivity index (χ2v) is 5.97. The number of hydrogen-bond acceptors (Lipinski definition) is 6. The highest BCUT2D eigenvalue weighted by Crippen LogP contribution is 2.13. The largest absolute Gasteiger partial charge is 0.490 e. The normalized spacial score (nSPS) is 11.8. The first-order chi connectivity index (χ1) is 11.5. The first-order valence-electron chi connectivity index (χ1n) is 6.98. The molecule has 0 spiro atoms. The molecule has 1 unspecified atom stereocenters. The average molecular weight is 382 g/mol. The highest BCUT2D eigenvalue weighted by molar-refractivity contribution is 7.98. The Balaban J connectivity index is 0.000000697. The van der Waals surface area contributed by atoms with Gasteiger partial charge in [0.15, 0.2) is 0 Å². The summed E-state index contributed by atoms with van der Waals surface area (Å²) in [6.07, 6.45) is -0.779. The van der Waals surface area contributed by atoms with Crippen molar-refractivity contribution >= 4 is 35.1 Å². The molecule has 1 aromatic rings. The summed E-state index contributed by atoms with van der Waals surface area (Å²) in [5.74, 6) is -1.19. The molecule has 0 aliphatic heterocycles. The maximum absolute atomic E-state index is 11.8. The standard InChI is InChI=1S/C12H20N4OS.C2HF3O2/c1-16(2)11-5-4-9(8-14-11)15-12(17)10(13)6-7-18-3;3-2(4,5)1(6)7/h4-5,8,10H,6-7,13H2,1-3H3,(H,15,17);(H,6,7). The molecule has 1 amide bonds. The van der Waals surface area contributed by atoms with Gasteiger partial charge in [-0.1, -0.05) is 0 Å². The van der Waals surface area contributed by atoms with Crippen LogP contribution in [0.25, 0.3) is 0 Å². The zero-order valence-corrected chi connectivity index (χ0v) is 14.8. The number of amides is 1. The highest BCUT2D eigenvalue weighted by atomic mass is 32.2. The maximum atomic E-state index is 11.8. The van der Waals surface area contributed by atoms with Crippen LogP contribution in [0.4, 0.5) is 24.7 Å². The van der Waals surface area contributed by atoms with E-state index in [2.05, 4.69) is 10.3 Å². The summed E-state index contributed by atoms with van der Waals surface area (Å²) >= 11 is 1.68. The van der Waals surface area contributed by atoms with Gasteiger partial charge in [-0.15, -0.1) is 0 Å². The minimum Gasteiger partial charge on any atom is -0.475 e. The number of anilines is 2. The monoisotopic (exact) mass is 382 g/mol. The SMILES string of the molecule is CSCCC(N)C(=O)Nc1ccc(N(C)C)nc1.O=C(O)C(F)(F)F. The first-order valence-corrected chi connectivity index (χ1v) is 8.37. The Hall–Kier alpha value is -2.01. The molecular weight excluding hydrogens is 361 g/mol. The van der Waals surface area contributed by atoms with Gasteiger partial charge in [0.2, 0.25) is 5.91 Å². The number of pyridine rings is 1. The summed E-state index contributed by atoms with van der Waals surface area (Å²) in [5, 5.41) is 9.89. The molecule has 0 aromatic carbocycles. The molecule has 0 aliphatic rings. The predicted octanol–water partition coefficient (Wildman–Crippen LogP) is 1.80. The van der Waals surface area contributed by atoms with Gasteiger partial charge in [0.1, 0.15) is 5.82 Å². The van der Waals surface area contributed by atoms with Crippen molar-refractivity contribution in [1.29, 1.82) is 0 Å². The van der Waals surface area contributed by atoms with Crippen molar-refractivity contribution in [2.75, 3.05) is 36.3 Å². The van der Waals surface area contributed by atoms with Crippen molar-refractivity contribution in [2.45, 2.75) is 18.6 Å². The number of carbonyl (C=O) groups is 2. The Labute approximate surface area is 147 Å². The van der Waals surface area contributed by atoms with E-state index in [-0.39, 0.29) is 5.91 Å². The third kappa shape index (κ3) is 9.77. The van der Waals surface area contributed by atoms with Crippen molar-refractivity contribution in [1.82, 2.24) is 4.98 Å². The van der Waals surface area contributed by atoms with Crippen LogP contribution in [0, 0.1) is 0 Å². The van der Waals surface area contributed by atoms with E-state index in [0.29, 0.717) is 12.1 Å². The van der Waals surface area contributed by atoms with E-state index in [1.165, 1.54) is 0 Å². The zero-order chi connectivity index (χ0) is 19.6. The number of carboxylic acids is 1. The molecule has 0 radical (unpaired) electrons. The van der Waals surface area contributed by atoms with Crippen molar-refractivity contribution < 1.29 is 27.9 Å². The number of nitrogens with two attached hydrogens (primary N) is 1. The Bertz CT molecular complexity index is 553. The van der Waals surface area contributed by atoms with E-state index < -0.39 is 18.2 Å². The van der Waals surface area contributed by atoms with Crippen molar-refractivity contribution in [2.24, 2.45) is 5.73 Å². The molecule has 1 atom stereocenters. The van der Waals surface area contributed by atoms with Crippen LogP contribution in [0.3, 0.4) is 0 Å². The summed E-state index contributed by atoms with van der Waals surface area (Å²) in [6, 6.07) is 3.20. The maximum Gasteiger partial charge on any atom is 0.490 e. The predicted molar refractivity (Wildman–Crippen MR) is 91.9 cm³/mol. The zero-order valence-electron chi connectivity index (χ0n) is 14.0. The van der Waals surface area contributed by atoms with Crippen LogP contribution in [-0.4, -0.2) is 60.3 Å². The Morgan fingerprint density at radius 1 is 1.40 bits per heavy atom. The fourth-order valence-corrected chi connectivity index (χ4v) is 1.83. The number of hydrogen-bond donors (Lipinski definition) is 3. The second kappa shape index (κ2) is 10.8. The van der Waals surface area contributed by atoms with E-state index in [1.807, 2.05) is 37.4 Å². The van der Waals surface area contributed by atoms with E-state index in [0.717, 1.165) is 11.6 Å². The van der Waals surface area contributed by atoms with Crippen LogP contribution in [0.1, 0.15) is 6.42 Å². The molecule has 1 rings (SSSR count). The number of carbonyl (C=O) groups excluding carboxylic acids is 1. The van der Waals surface area contributed by atoms with Crippen LogP contribution in [0.15, 0.2) is 18.3 Å². The number of aliphatic carboxylic acids is 1. The smallest absolute Gasteiger partial charge is 0.475 e. The van der Waals surface area contributed by atoms with Gasteiger partial charge in [0, 0.05) is 14.1 Å². The average Bonchev–Trinajstić information content (AvgIpc) is 2.52. The number of carboxylic acid groups (broad SMARTS) is 1. The number of halogens is 3. The summed E-state index contributed by atoms with van der Waals surface area (Å²) in [6.45, 7) is 0. The Morgan fingerprint density at radius 2 is 1.96 bits per heavy atom. The summed E-state index contributed by atoms with van der Waals surface area (Å²) in [7, 11) is 3.83. The molecule has 11 heteroatoms. The van der Waals surface area contributed by atoms with E-state index >= 15 is 0 Å². The van der Waals surface area contributed by atoms with Crippen LogP contribution in [-0.2, 0) is 9.59 Å². The molecule has 0 aliphatic carbocycles. The summed E-state index contributed by atoms with van der Waals surface area (Å²) in [4.78, 5) is 26.8. The third-order valence-electron chi connectivity index (χ3n) is 2.69. The van der Waals surface area contributed by atoms with Gasteiger partial charge in [-0.25, -0.2) is 9.78 Å². The summed E-state index contributed by atoms with van der Waals surface area (Å²) < 4.78 is 31.7. The van der Waals surface area contributed by atoms with Crippen LogP contribution in [0.2, 0.25) is 0 Å². The lowest BCUT2D eigenvalue weighted by Gasteiger charge is -2.13. The van der Waals surface area contributed by atoms with Crippen molar-refractivity contribution in [3.63, 3.8) is 0 Å². The Morgan fingerprint density at radius 3 is 2.32 bits per heavy atom. The van der Waals surface area contributed by atoms with Crippen LogP contribution < -0.4 is 16.0 Å². The molecule has 4 N–H and O–H groups in total. The lowest BCUT2D eigenvalue weighted by molar-refractivity contribution is -0.192. The minimum atomic E-state index is -5.08. The number of alkyl halides is 3. The number of nitrogens with one attached hydrogen (secondary N) is 1. The topological polar surface area (TPSA) is 109 Å². The summed E-state index contributed by atoms with van der Waals surface area (Å²) in [5.41, 5.74) is 6.45. The quantitative estimate of drug-likeness (QED) is 0.688. The molecule has 0 bridgehead atoms. The van der Waals surface area contributed by atoms with Crippen LogP contribution >= 0.6 is 11.8 Å². The van der Waals surface area contributed by atoms with Gasteiger partial charge in [-0.05, 0) is 30.6 Å². The molecule has 0 saturated heterocycles. The highest BCUT2D eigenvalue weighted by Gasteiger charge is 2.38. The van der Waals surface area contributed by atoms with Crippen molar-refractivity contribution in [3.05, 3.63) is 18.3 Å². The lowest BCUT2D eigenvalue weighted by Crippen LogP contribution is -2.36.